The summed E-state index contributed by atoms with van der Waals surface area (Å²) in [5, 5.41) is 2.68. The Morgan fingerprint density at radius 3 is 2.46 bits per heavy atom. The lowest BCUT2D eigenvalue weighted by molar-refractivity contribution is 0.0734. The van der Waals surface area contributed by atoms with Crippen molar-refractivity contribution in [2.24, 2.45) is 7.05 Å². The van der Waals surface area contributed by atoms with Gasteiger partial charge < -0.3 is 4.90 Å². The van der Waals surface area contributed by atoms with Crippen molar-refractivity contribution in [2.45, 2.75) is 13.0 Å². The molecule has 0 radical (unpaired) electrons. The Bertz CT molecular complexity index is 1260. The standard InChI is InChI=1S/C23H21N3O2/c1-15(21-24-20-11-7-6-10-19(20)23(28)26(21)3)25(2)22(27)18-13-12-16-8-4-5-9-17(16)14-18/h4-15H,1-3H3. The van der Waals surface area contributed by atoms with Gasteiger partial charge in [0.15, 0.2) is 0 Å². The molecule has 1 unspecified atom stereocenters. The molecule has 28 heavy (non-hydrogen) atoms. The van der Waals surface area contributed by atoms with Gasteiger partial charge in [-0.15, -0.1) is 0 Å². The fraction of sp³-hybridized carbons (Fsp3) is 0.174. The van der Waals surface area contributed by atoms with Crippen LogP contribution in [-0.4, -0.2) is 27.4 Å². The Kier molecular flexibility index (Phi) is 4.43. The van der Waals surface area contributed by atoms with Crippen molar-refractivity contribution in [3.63, 3.8) is 0 Å². The molecule has 0 spiro atoms. The Morgan fingerprint density at radius 1 is 1.00 bits per heavy atom. The number of hydrogen-bond acceptors (Lipinski definition) is 3. The van der Waals surface area contributed by atoms with Gasteiger partial charge in [0.2, 0.25) is 0 Å². The second kappa shape index (κ2) is 6.93. The molecular weight excluding hydrogens is 350 g/mol. The second-order valence-corrected chi connectivity index (χ2v) is 7.01. The van der Waals surface area contributed by atoms with Crippen LogP contribution in [0.25, 0.3) is 21.7 Å². The highest BCUT2D eigenvalue weighted by Gasteiger charge is 2.23. The molecule has 0 N–H and O–H groups in total. The van der Waals surface area contributed by atoms with Crippen LogP contribution in [0.5, 0.6) is 0 Å². The van der Waals surface area contributed by atoms with Crippen molar-refractivity contribution in [2.75, 3.05) is 7.05 Å². The molecule has 4 rings (SSSR count). The summed E-state index contributed by atoms with van der Waals surface area (Å²) in [6, 6.07) is 20.5. The summed E-state index contributed by atoms with van der Waals surface area (Å²) in [6.07, 6.45) is 0. The minimum atomic E-state index is -0.360. The first-order valence-corrected chi connectivity index (χ1v) is 9.19. The maximum atomic E-state index is 13.1. The molecule has 1 heterocycles. The summed E-state index contributed by atoms with van der Waals surface area (Å²) in [4.78, 5) is 32.0. The number of hydrogen-bond donors (Lipinski definition) is 0. The first-order valence-electron chi connectivity index (χ1n) is 9.19. The quantitative estimate of drug-likeness (QED) is 0.548. The van der Waals surface area contributed by atoms with Crippen molar-refractivity contribution in [1.29, 1.82) is 0 Å². The molecule has 0 saturated heterocycles. The number of aromatic nitrogens is 2. The van der Waals surface area contributed by atoms with Crippen LogP contribution in [0.3, 0.4) is 0 Å². The van der Waals surface area contributed by atoms with E-state index >= 15 is 0 Å². The lowest BCUT2D eigenvalue weighted by Crippen LogP contribution is -2.34. The zero-order chi connectivity index (χ0) is 19.8. The van der Waals surface area contributed by atoms with Crippen LogP contribution < -0.4 is 5.56 Å². The molecule has 1 amide bonds. The minimum Gasteiger partial charge on any atom is -0.332 e. The van der Waals surface area contributed by atoms with Crippen molar-refractivity contribution in [3.05, 3.63) is 88.5 Å². The molecule has 5 heteroatoms. The molecule has 3 aromatic carbocycles. The predicted molar refractivity (Wildman–Crippen MR) is 111 cm³/mol. The monoisotopic (exact) mass is 371 g/mol. The van der Waals surface area contributed by atoms with Gasteiger partial charge >= 0.3 is 0 Å². The van der Waals surface area contributed by atoms with Gasteiger partial charge in [0.05, 0.1) is 16.9 Å². The van der Waals surface area contributed by atoms with Crippen LogP contribution in [0, 0.1) is 0 Å². The van der Waals surface area contributed by atoms with Gasteiger partial charge in [-0.05, 0) is 42.0 Å². The van der Waals surface area contributed by atoms with E-state index in [1.54, 1.807) is 25.1 Å². The average Bonchev–Trinajstić information content (AvgIpc) is 2.74. The van der Waals surface area contributed by atoms with E-state index in [9.17, 15) is 9.59 Å². The number of amides is 1. The third kappa shape index (κ3) is 2.95. The molecular formula is C23H21N3O2. The summed E-state index contributed by atoms with van der Waals surface area (Å²) < 4.78 is 1.52. The molecule has 140 valence electrons. The first kappa shape index (κ1) is 17.9. The topological polar surface area (TPSA) is 55.2 Å². The van der Waals surface area contributed by atoms with Gasteiger partial charge in [-0.3, -0.25) is 14.2 Å². The number of rotatable bonds is 3. The predicted octanol–water partition coefficient (Wildman–Crippen LogP) is 3.92. The van der Waals surface area contributed by atoms with Crippen LogP contribution in [0.2, 0.25) is 0 Å². The maximum absolute atomic E-state index is 13.1. The Labute approximate surface area is 162 Å². The van der Waals surface area contributed by atoms with E-state index in [4.69, 9.17) is 0 Å². The zero-order valence-electron chi connectivity index (χ0n) is 16.1. The van der Waals surface area contributed by atoms with Crippen LogP contribution >= 0.6 is 0 Å². The van der Waals surface area contributed by atoms with Gasteiger partial charge in [-0.25, -0.2) is 4.98 Å². The van der Waals surface area contributed by atoms with Gasteiger partial charge in [-0.1, -0.05) is 42.5 Å². The smallest absolute Gasteiger partial charge is 0.261 e. The fourth-order valence-corrected chi connectivity index (χ4v) is 3.48. The van der Waals surface area contributed by atoms with Gasteiger partial charge in [0, 0.05) is 19.7 Å². The lowest BCUT2D eigenvalue weighted by atomic mass is 10.1. The summed E-state index contributed by atoms with van der Waals surface area (Å²) in [5.41, 5.74) is 1.14. The number of para-hydroxylation sites is 1. The van der Waals surface area contributed by atoms with Gasteiger partial charge in [0.1, 0.15) is 5.82 Å². The molecule has 0 fully saturated rings. The Hall–Kier alpha value is -3.47. The number of benzene rings is 3. The molecule has 5 nitrogen and oxygen atoms in total. The summed E-state index contributed by atoms with van der Waals surface area (Å²) in [7, 11) is 3.44. The van der Waals surface area contributed by atoms with E-state index in [-0.39, 0.29) is 17.5 Å². The highest BCUT2D eigenvalue weighted by molar-refractivity contribution is 5.98. The minimum absolute atomic E-state index is 0.110. The lowest BCUT2D eigenvalue weighted by Gasteiger charge is -2.26. The van der Waals surface area contributed by atoms with Crippen molar-refractivity contribution in [3.8, 4) is 0 Å². The highest BCUT2D eigenvalue weighted by Crippen LogP contribution is 2.22. The number of carbonyl (C=O) groups excluding carboxylic acids is 1. The average molecular weight is 371 g/mol. The van der Waals surface area contributed by atoms with E-state index in [2.05, 4.69) is 4.98 Å². The van der Waals surface area contributed by atoms with E-state index in [0.717, 1.165) is 10.8 Å². The normalized spacial score (nSPS) is 12.2. The largest absolute Gasteiger partial charge is 0.332 e. The SMILES string of the molecule is CC(c1nc2ccccc2c(=O)n1C)N(C)C(=O)c1ccc2ccccc2c1. The number of carbonyl (C=O) groups is 1. The maximum Gasteiger partial charge on any atom is 0.261 e. The second-order valence-electron chi connectivity index (χ2n) is 7.01. The van der Waals surface area contributed by atoms with Gasteiger partial charge in [0.25, 0.3) is 11.5 Å². The highest BCUT2D eigenvalue weighted by atomic mass is 16.2. The summed E-state index contributed by atoms with van der Waals surface area (Å²) >= 11 is 0. The summed E-state index contributed by atoms with van der Waals surface area (Å²) in [6.45, 7) is 1.88. The summed E-state index contributed by atoms with van der Waals surface area (Å²) in [5.74, 6) is 0.445. The molecule has 4 aromatic rings. The van der Waals surface area contributed by atoms with Crippen LogP contribution in [-0.2, 0) is 7.05 Å². The number of fused-ring (bicyclic) bond motifs is 2. The van der Waals surface area contributed by atoms with Crippen molar-refractivity contribution in [1.82, 2.24) is 14.5 Å². The van der Waals surface area contributed by atoms with Crippen molar-refractivity contribution < 1.29 is 4.79 Å². The fourth-order valence-electron chi connectivity index (χ4n) is 3.48. The third-order valence-corrected chi connectivity index (χ3v) is 5.29. The Balaban J connectivity index is 1.71. The molecule has 0 aliphatic carbocycles. The van der Waals surface area contributed by atoms with Crippen LogP contribution in [0.1, 0.15) is 29.1 Å². The molecule has 0 bridgehead atoms. The van der Waals surface area contributed by atoms with E-state index in [1.165, 1.54) is 4.57 Å². The number of nitrogens with zero attached hydrogens (tertiary/aromatic N) is 3. The van der Waals surface area contributed by atoms with E-state index in [1.807, 2.05) is 67.6 Å². The molecule has 1 aromatic heterocycles. The molecule has 0 aliphatic heterocycles. The van der Waals surface area contributed by atoms with E-state index < -0.39 is 0 Å². The van der Waals surface area contributed by atoms with E-state index in [0.29, 0.717) is 22.3 Å². The van der Waals surface area contributed by atoms with Crippen molar-refractivity contribution >= 4 is 27.6 Å². The first-order chi connectivity index (χ1) is 13.5. The van der Waals surface area contributed by atoms with Crippen LogP contribution in [0.4, 0.5) is 0 Å². The molecule has 0 aliphatic rings. The van der Waals surface area contributed by atoms with Crippen LogP contribution in [0.15, 0.2) is 71.5 Å². The molecule has 0 saturated carbocycles. The third-order valence-electron chi connectivity index (χ3n) is 5.29. The Morgan fingerprint density at radius 2 is 1.68 bits per heavy atom. The van der Waals surface area contributed by atoms with Gasteiger partial charge in [-0.2, -0.15) is 0 Å². The zero-order valence-corrected chi connectivity index (χ0v) is 16.1. The molecule has 1 atom stereocenters.